The Morgan fingerprint density at radius 3 is 2.80 bits per heavy atom. The standard InChI is InChI=1S/C16H14FN5OS2/c17-12-4-2-1-3-11(12)9-21-14-15(19-6-5-18-14)25-10-13(23)22-16-20-7-8-24-16/h1-8H,9-10H2,(H,18,21)(H,20,22,23). The lowest BCUT2D eigenvalue weighted by Gasteiger charge is -2.10. The molecule has 3 aromatic rings. The van der Waals surface area contributed by atoms with Crippen molar-refractivity contribution in [1.82, 2.24) is 15.0 Å². The number of hydrogen-bond donors (Lipinski definition) is 2. The summed E-state index contributed by atoms with van der Waals surface area (Å²) in [6, 6.07) is 6.53. The van der Waals surface area contributed by atoms with Crippen LogP contribution in [0.2, 0.25) is 0 Å². The number of hydrogen-bond acceptors (Lipinski definition) is 7. The predicted octanol–water partition coefficient (Wildman–Crippen LogP) is 3.42. The fourth-order valence-electron chi connectivity index (χ4n) is 1.95. The highest BCUT2D eigenvalue weighted by atomic mass is 32.2. The molecule has 0 bridgehead atoms. The Kier molecular flexibility index (Phi) is 5.91. The Morgan fingerprint density at radius 1 is 1.16 bits per heavy atom. The van der Waals surface area contributed by atoms with Crippen LogP contribution in [-0.4, -0.2) is 26.6 Å². The Bertz CT molecular complexity index is 844. The summed E-state index contributed by atoms with van der Waals surface area (Å²) >= 11 is 2.61. The van der Waals surface area contributed by atoms with Gasteiger partial charge in [-0.05, 0) is 6.07 Å². The molecular weight excluding hydrogens is 361 g/mol. The van der Waals surface area contributed by atoms with Gasteiger partial charge in [0.2, 0.25) is 5.91 Å². The maximum Gasteiger partial charge on any atom is 0.236 e. The van der Waals surface area contributed by atoms with Gasteiger partial charge in [-0.15, -0.1) is 11.3 Å². The number of rotatable bonds is 7. The van der Waals surface area contributed by atoms with Crippen molar-refractivity contribution in [2.45, 2.75) is 11.6 Å². The maximum atomic E-state index is 13.7. The normalized spacial score (nSPS) is 10.4. The molecule has 0 fully saturated rings. The highest BCUT2D eigenvalue weighted by Crippen LogP contribution is 2.23. The monoisotopic (exact) mass is 375 g/mol. The van der Waals surface area contributed by atoms with E-state index in [1.54, 1.807) is 42.2 Å². The lowest BCUT2D eigenvalue weighted by molar-refractivity contribution is -0.113. The Balaban J connectivity index is 1.59. The van der Waals surface area contributed by atoms with Gasteiger partial charge in [-0.3, -0.25) is 4.79 Å². The third-order valence-electron chi connectivity index (χ3n) is 3.09. The fourth-order valence-corrected chi connectivity index (χ4v) is 3.23. The van der Waals surface area contributed by atoms with E-state index in [1.165, 1.54) is 29.2 Å². The van der Waals surface area contributed by atoms with Crippen LogP contribution in [0, 0.1) is 5.82 Å². The molecule has 1 amide bonds. The van der Waals surface area contributed by atoms with Gasteiger partial charge in [0.1, 0.15) is 10.8 Å². The van der Waals surface area contributed by atoms with Gasteiger partial charge in [0, 0.05) is 36.1 Å². The molecule has 1 aromatic carbocycles. The number of halogens is 1. The van der Waals surface area contributed by atoms with E-state index in [0.717, 1.165) is 0 Å². The second-order valence-electron chi connectivity index (χ2n) is 4.83. The number of carbonyl (C=O) groups excluding carboxylic acids is 1. The predicted molar refractivity (Wildman–Crippen MR) is 97.2 cm³/mol. The summed E-state index contributed by atoms with van der Waals surface area (Å²) < 4.78 is 13.7. The average molecular weight is 375 g/mol. The minimum absolute atomic E-state index is 0.173. The highest BCUT2D eigenvalue weighted by Gasteiger charge is 2.11. The number of benzene rings is 1. The van der Waals surface area contributed by atoms with Crippen molar-refractivity contribution in [3.8, 4) is 0 Å². The van der Waals surface area contributed by atoms with Crippen LogP contribution in [0.25, 0.3) is 0 Å². The summed E-state index contributed by atoms with van der Waals surface area (Å²) in [5, 5.41) is 8.69. The van der Waals surface area contributed by atoms with E-state index in [9.17, 15) is 9.18 Å². The fraction of sp³-hybridized carbons (Fsp3) is 0.125. The number of aromatic nitrogens is 3. The number of thioether (sulfide) groups is 1. The van der Waals surface area contributed by atoms with E-state index < -0.39 is 0 Å². The topological polar surface area (TPSA) is 79.8 Å². The van der Waals surface area contributed by atoms with Crippen molar-refractivity contribution in [3.05, 3.63) is 59.6 Å². The smallest absolute Gasteiger partial charge is 0.236 e. The van der Waals surface area contributed by atoms with Gasteiger partial charge in [-0.1, -0.05) is 30.0 Å². The number of carbonyl (C=O) groups is 1. The van der Waals surface area contributed by atoms with Crippen molar-refractivity contribution in [3.63, 3.8) is 0 Å². The molecule has 0 aliphatic rings. The van der Waals surface area contributed by atoms with E-state index in [4.69, 9.17) is 0 Å². The SMILES string of the molecule is O=C(CSc1nccnc1NCc1ccccc1F)Nc1nccs1. The van der Waals surface area contributed by atoms with Gasteiger partial charge in [0.25, 0.3) is 0 Å². The van der Waals surface area contributed by atoms with Gasteiger partial charge < -0.3 is 10.6 Å². The quantitative estimate of drug-likeness (QED) is 0.616. The van der Waals surface area contributed by atoms with Crippen LogP contribution in [0.15, 0.2) is 53.3 Å². The minimum atomic E-state index is -0.282. The summed E-state index contributed by atoms with van der Waals surface area (Å²) in [7, 11) is 0. The molecule has 0 spiro atoms. The van der Waals surface area contributed by atoms with Crippen molar-refractivity contribution in [2.75, 3.05) is 16.4 Å². The van der Waals surface area contributed by atoms with Crippen molar-refractivity contribution in [2.24, 2.45) is 0 Å². The first kappa shape index (κ1) is 17.3. The molecule has 0 saturated carbocycles. The van der Waals surface area contributed by atoms with E-state index in [1.807, 2.05) is 0 Å². The van der Waals surface area contributed by atoms with E-state index >= 15 is 0 Å². The van der Waals surface area contributed by atoms with Gasteiger partial charge in [-0.2, -0.15) is 0 Å². The van der Waals surface area contributed by atoms with Crippen LogP contribution in [0.5, 0.6) is 0 Å². The second-order valence-corrected chi connectivity index (χ2v) is 6.69. The summed E-state index contributed by atoms with van der Waals surface area (Å²) in [5.74, 6) is 0.228. The zero-order chi connectivity index (χ0) is 17.5. The van der Waals surface area contributed by atoms with Crippen LogP contribution in [0.1, 0.15) is 5.56 Å². The molecular formula is C16H14FN5OS2. The van der Waals surface area contributed by atoms with Crippen molar-refractivity contribution in [1.29, 1.82) is 0 Å². The van der Waals surface area contributed by atoms with Crippen LogP contribution in [0.4, 0.5) is 15.3 Å². The summed E-state index contributed by atoms with van der Waals surface area (Å²) in [6.07, 6.45) is 4.72. The highest BCUT2D eigenvalue weighted by molar-refractivity contribution is 8.00. The number of nitrogens with zero attached hydrogens (tertiary/aromatic N) is 3. The lowest BCUT2D eigenvalue weighted by Crippen LogP contribution is -2.14. The molecule has 3 rings (SSSR count). The van der Waals surface area contributed by atoms with Crippen LogP contribution in [0.3, 0.4) is 0 Å². The second kappa shape index (κ2) is 8.54. The molecule has 2 N–H and O–H groups in total. The number of anilines is 2. The van der Waals surface area contributed by atoms with Gasteiger partial charge in [-0.25, -0.2) is 19.3 Å². The van der Waals surface area contributed by atoms with Gasteiger partial charge >= 0.3 is 0 Å². The Morgan fingerprint density at radius 2 is 2.00 bits per heavy atom. The van der Waals surface area contributed by atoms with Gasteiger partial charge in [0.05, 0.1) is 5.75 Å². The number of amides is 1. The molecule has 0 aliphatic heterocycles. The first-order chi connectivity index (χ1) is 12.2. The van der Waals surface area contributed by atoms with E-state index in [2.05, 4.69) is 25.6 Å². The summed E-state index contributed by atoms with van der Waals surface area (Å²) in [4.78, 5) is 24.4. The largest absolute Gasteiger partial charge is 0.364 e. The zero-order valence-corrected chi connectivity index (χ0v) is 14.6. The molecule has 0 aliphatic carbocycles. The van der Waals surface area contributed by atoms with Gasteiger partial charge in [0.15, 0.2) is 10.9 Å². The molecule has 0 unspecified atom stereocenters. The molecule has 128 valence electrons. The minimum Gasteiger partial charge on any atom is -0.364 e. The third kappa shape index (κ3) is 4.97. The summed E-state index contributed by atoms with van der Waals surface area (Å²) in [6.45, 7) is 0.282. The average Bonchev–Trinajstić information content (AvgIpc) is 3.13. The zero-order valence-electron chi connectivity index (χ0n) is 13.0. The van der Waals surface area contributed by atoms with Crippen LogP contribution in [-0.2, 0) is 11.3 Å². The molecule has 25 heavy (non-hydrogen) atoms. The first-order valence-electron chi connectivity index (χ1n) is 7.33. The summed E-state index contributed by atoms with van der Waals surface area (Å²) in [5.41, 5.74) is 0.533. The van der Waals surface area contributed by atoms with Crippen LogP contribution < -0.4 is 10.6 Å². The molecule has 2 aromatic heterocycles. The van der Waals surface area contributed by atoms with Crippen molar-refractivity contribution < 1.29 is 9.18 Å². The molecule has 2 heterocycles. The van der Waals surface area contributed by atoms with E-state index in [-0.39, 0.29) is 24.0 Å². The maximum absolute atomic E-state index is 13.7. The van der Waals surface area contributed by atoms with Crippen molar-refractivity contribution >= 4 is 40.0 Å². The Labute approximate surface area is 151 Å². The molecule has 0 radical (unpaired) electrons. The Hall–Kier alpha value is -2.52. The number of thiazole rings is 1. The number of nitrogens with one attached hydrogen (secondary N) is 2. The molecule has 9 heteroatoms. The first-order valence-corrected chi connectivity index (χ1v) is 9.19. The molecule has 0 saturated heterocycles. The lowest BCUT2D eigenvalue weighted by atomic mass is 10.2. The van der Waals surface area contributed by atoms with E-state index in [0.29, 0.717) is 21.5 Å². The van der Waals surface area contributed by atoms with Crippen LogP contribution >= 0.6 is 23.1 Å². The molecule has 6 nitrogen and oxygen atoms in total. The molecule has 0 atom stereocenters. The third-order valence-corrected chi connectivity index (χ3v) is 4.75.